The van der Waals surface area contributed by atoms with Crippen LogP contribution in [0.5, 0.6) is 11.5 Å². The molecule has 0 unspecified atom stereocenters. The number of rotatable bonds is 7. The molecule has 0 saturated heterocycles. The Kier molecular flexibility index (Phi) is 6.42. The summed E-state index contributed by atoms with van der Waals surface area (Å²) in [6, 6.07) is 13.9. The van der Waals surface area contributed by atoms with Gasteiger partial charge in [0.1, 0.15) is 17.5 Å². The second-order valence-electron chi connectivity index (χ2n) is 6.26. The van der Waals surface area contributed by atoms with Crippen molar-refractivity contribution in [1.29, 1.82) is 0 Å². The van der Waals surface area contributed by atoms with Crippen LogP contribution >= 0.6 is 0 Å². The van der Waals surface area contributed by atoms with Crippen molar-refractivity contribution in [3.8, 4) is 11.5 Å². The predicted molar refractivity (Wildman–Crippen MR) is 98.6 cm³/mol. The van der Waals surface area contributed by atoms with Crippen molar-refractivity contribution in [2.45, 2.75) is 13.0 Å². The summed E-state index contributed by atoms with van der Waals surface area (Å²) >= 11 is 0. The van der Waals surface area contributed by atoms with Crippen molar-refractivity contribution < 1.29 is 19.2 Å². The van der Waals surface area contributed by atoms with Gasteiger partial charge in [0.05, 0.1) is 34.9 Å². The Morgan fingerprint density at radius 1 is 1.08 bits per heavy atom. The van der Waals surface area contributed by atoms with E-state index in [0.717, 1.165) is 5.56 Å². The summed E-state index contributed by atoms with van der Waals surface area (Å²) in [5, 5.41) is 3.03. The van der Waals surface area contributed by atoms with Gasteiger partial charge in [-0.1, -0.05) is 30.3 Å². The second kappa shape index (κ2) is 8.53. The van der Waals surface area contributed by atoms with E-state index in [0.29, 0.717) is 23.6 Å². The van der Waals surface area contributed by atoms with Crippen molar-refractivity contribution in [3.63, 3.8) is 0 Å². The van der Waals surface area contributed by atoms with Crippen molar-refractivity contribution in [2.24, 2.45) is 0 Å². The molecule has 0 heterocycles. The number of carbonyl (C=O) groups excluding carboxylic acids is 1. The third-order valence-electron chi connectivity index (χ3n) is 4.38. The maximum atomic E-state index is 12.6. The van der Waals surface area contributed by atoms with Crippen LogP contribution in [-0.2, 0) is 0 Å². The fourth-order valence-electron chi connectivity index (χ4n) is 2.85. The molecule has 2 N–H and O–H groups in total. The number of ether oxygens (including phenoxy) is 2. The molecule has 0 spiro atoms. The van der Waals surface area contributed by atoms with Crippen LogP contribution in [-0.4, -0.2) is 40.8 Å². The molecule has 0 aliphatic heterocycles. The normalized spacial score (nSPS) is 11.9. The Morgan fingerprint density at radius 2 is 1.64 bits per heavy atom. The average Bonchev–Trinajstić information content (AvgIpc) is 2.62. The average molecular weight is 343 g/mol. The fourth-order valence-corrected chi connectivity index (χ4v) is 2.85. The number of carbonyl (C=O) groups is 1. The molecule has 134 valence electrons. The van der Waals surface area contributed by atoms with Gasteiger partial charge >= 0.3 is 0 Å². The first-order valence-corrected chi connectivity index (χ1v) is 8.33. The van der Waals surface area contributed by atoms with Gasteiger partial charge in [0.15, 0.2) is 0 Å². The Hall–Kier alpha value is -2.53. The van der Waals surface area contributed by atoms with Gasteiger partial charge in [-0.3, -0.25) is 4.79 Å². The van der Waals surface area contributed by atoms with Crippen LogP contribution < -0.4 is 19.7 Å². The van der Waals surface area contributed by atoms with Gasteiger partial charge in [0.2, 0.25) is 0 Å². The molecular formula is C20H27N2O3+. The van der Waals surface area contributed by atoms with Crippen LogP contribution in [0.4, 0.5) is 0 Å². The molecule has 0 aromatic heterocycles. The zero-order valence-electron chi connectivity index (χ0n) is 15.6. The molecule has 1 amide bonds. The SMILES string of the molecule is COc1cc(C(=O)NC[C@H](c2ccccc2)[NH+](C)C)cc(OC)c1C. The fraction of sp³-hybridized carbons (Fsp3) is 0.350. The molecule has 5 nitrogen and oxygen atoms in total. The van der Waals surface area contributed by atoms with Gasteiger partial charge in [0, 0.05) is 16.7 Å². The minimum Gasteiger partial charge on any atom is -0.496 e. The molecule has 2 aromatic carbocycles. The molecule has 0 aliphatic rings. The smallest absolute Gasteiger partial charge is 0.251 e. The maximum absolute atomic E-state index is 12.6. The standard InChI is InChI=1S/C20H26N2O3/c1-14-18(24-4)11-16(12-19(14)25-5)20(23)21-13-17(22(2)3)15-9-7-6-8-10-15/h6-12,17H,13H2,1-5H3,(H,21,23)/p+1/t17-/m1/s1. The summed E-state index contributed by atoms with van der Waals surface area (Å²) in [5.74, 6) is 1.14. The summed E-state index contributed by atoms with van der Waals surface area (Å²) in [6.45, 7) is 2.45. The topological polar surface area (TPSA) is 52.0 Å². The first-order valence-electron chi connectivity index (χ1n) is 8.33. The molecule has 25 heavy (non-hydrogen) atoms. The summed E-state index contributed by atoms with van der Waals surface area (Å²) in [6.07, 6.45) is 0. The van der Waals surface area contributed by atoms with E-state index >= 15 is 0 Å². The number of methoxy groups -OCH3 is 2. The largest absolute Gasteiger partial charge is 0.496 e. The Balaban J connectivity index is 2.16. The zero-order valence-corrected chi connectivity index (χ0v) is 15.6. The van der Waals surface area contributed by atoms with Crippen molar-refractivity contribution >= 4 is 5.91 Å². The Bertz CT molecular complexity index is 689. The lowest BCUT2D eigenvalue weighted by Gasteiger charge is -2.22. The Morgan fingerprint density at radius 3 is 2.12 bits per heavy atom. The highest BCUT2D eigenvalue weighted by Crippen LogP contribution is 2.29. The van der Waals surface area contributed by atoms with Crippen molar-refractivity contribution in [3.05, 3.63) is 59.2 Å². The number of benzene rings is 2. The van der Waals surface area contributed by atoms with Gasteiger partial charge in [-0.25, -0.2) is 0 Å². The molecule has 2 rings (SSSR count). The van der Waals surface area contributed by atoms with Crippen LogP contribution in [0.15, 0.2) is 42.5 Å². The molecule has 1 atom stereocenters. The minimum absolute atomic E-state index is 0.140. The van der Waals surface area contributed by atoms with Crippen LogP contribution in [0.1, 0.15) is 27.5 Å². The van der Waals surface area contributed by atoms with Gasteiger partial charge in [-0.15, -0.1) is 0 Å². The molecule has 0 bridgehead atoms. The van der Waals surface area contributed by atoms with Gasteiger partial charge in [-0.05, 0) is 19.1 Å². The summed E-state index contributed by atoms with van der Waals surface area (Å²) in [7, 11) is 7.35. The number of hydrogen-bond acceptors (Lipinski definition) is 3. The van der Waals surface area contributed by atoms with Crippen molar-refractivity contribution in [1.82, 2.24) is 5.32 Å². The van der Waals surface area contributed by atoms with Crippen LogP contribution in [0, 0.1) is 6.92 Å². The van der Waals surface area contributed by atoms with Crippen LogP contribution in [0.25, 0.3) is 0 Å². The third kappa shape index (κ3) is 4.51. The van der Waals surface area contributed by atoms with E-state index < -0.39 is 0 Å². The molecule has 0 saturated carbocycles. The monoisotopic (exact) mass is 343 g/mol. The second-order valence-corrected chi connectivity index (χ2v) is 6.26. The quantitative estimate of drug-likeness (QED) is 0.803. The summed E-state index contributed by atoms with van der Waals surface area (Å²) in [5.41, 5.74) is 2.60. The highest BCUT2D eigenvalue weighted by molar-refractivity contribution is 5.95. The first-order chi connectivity index (χ1) is 12.0. The number of amides is 1. The lowest BCUT2D eigenvalue weighted by Crippen LogP contribution is -3.07. The summed E-state index contributed by atoms with van der Waals surface area (Å²) in [4.78, 5) is 13.9. The highest BCUT2D eigenvalue weighted by Gasteiger charge is 2.20. The number of hydrogen-bond donors (Lipinski definition) is 2. The predicted octanol–water partition coefficient (Wildman–Crippen LogP) is 1.63. The summed E-state index contributed by atoms with van der Waals surface area (Å²) < 4.78 is 10.7. The third-order valence-corrected chi connectivity index (χ3v) is 4.38. The first kappa shape index (κ1) is 18.8. The van der Waals surface area contributed by atoms with Gasteiger partial charge in [-0.2, -0.15) is 0 Å². The van der Waals surface area contributed by atoms with E-state index in [-0.39, 0.29) is 11.9 Å². The van der Waals surface area contributed by atoms with Crippen LogP contribution in [0.2, 0.25) is 0 Å². The van der Waals surface area contributed by atoms with Crippen molar-refractivity contribution in [2.75, 3.05) is 34.9 Å². The molecule has 0 fully saturated rings. The molecular weight excluding hydrogens is 316 g/mol. The van der Waals surface area contributed by atoms with E-state index in [4.69, 9.17) is 9.47 Å². The van der Waals surface area contributed by atoms with Crippen LogP contribution in [0.3, 0.4) is 0 Å². The molecule has 0 aliphatic carbocycles. The number of likely N-dealkylation sites (N-methyl/N-ethyl adjacent to an activating group) is 1. The van der Waals surface area contributed by atoms with E-state index in [9.17, 15) is 4.79 Å². The van der Waals surface area contributed by atoms with E-state index in [1.807, 2.05) is 25.1 Å². The molecule has 5 heteroatoms. The van der Waals surface area contributed by atoms with Gasteiger partial charge in [0.25, 0.3) is 5.91 Å². The number of nitrogens with one attached hydrogen (secondary N) is 2. The van der Waals surface area contributed by atoms with E-state index in [2.05, 4.69) is 31.5 Å². The zero-order chi connectivity index (χ0) is 18.4. The Labute approximate surface area is 149 Å². The molecule has 0 radical (unpaired) electrons. The minimum atomic E-state index is -0.140. The van der Waals surface area contributed by atoms with E-state index in [1.165, 1.54) is 10.5 Å². The van der Waals surface area contributed by atoms with E-state index in [1.54, 1.807) is 26.4 Å². The lowest BCUT2D eigenvalue weighted by molar-refractivity contribution is -0.890. The highest BCUT2D eigenvalue weighted by atomic mass is 16.5. The maximum Gasteiger partial charge on any atom is 0.251 e. The molecule has 2 aromatic rings. The lowest BCUT2D eigenvalue weighted by atomic mass is 10.1. The number of quaternary nitrogens is 1. The van der Waals surface area contributed by atoms with Gasteiger partial charge < -0.3 is 19.7 Å².